The maximum atomic E-state index is 9.63. The molecule has 2 nitrogen and oxygen atoms in total. The third-order valence-electron chi connectivity index (χ3n) is 3.25. The number of aliphatic hydroxyl groups excluding tert-OH is 1. The van der Waals surface area contributed by atoms with Crippen LogP contribution < -0.4 is 0 Å². The zero-order valence-electron chi connectivity index (χ0n) is 7.80. The zero-order valence-corrected chi connectivity index (χ0v) is 7.80. The Balaban J connectivity index is 2.73. The van der Waals surface area contributed by atoms with Gasteiger partial charge in [0, 0.05) is 5.54 Å². The van der Waals surface area contributed by atoms with Gasteiger partial charge < -0.3 is 5.11 Å². The Labute approximate surface area is 69.2 Å². The molecule has 1 N–H and O–H groups in total. The molecule has 0 aromatic carbocycles. The van der Waals surface area contributed by atoms with E-state index in [4.69, 9.17) is 0 Å². The van der Waals surface area contributed by atoms with Gasteiger partial charge in [-0.1, -0.05) is 6.92 Å². The standard InChI is InChI=1S/C9H19NO/c1-4-9(8(2)11)6-5-7-10(9)3/h8,11H,4-7H2,1-3H3. The van der Waals surface area contributed by atoms with Crippen LogP contribution in [0, 0.1) is 0 Å². The van der Waals surface area contributed by atoms with E-state index in [1.54, 1.807) is 0 Å². The fraction of sp³-hybridized carbons (Fsp3) is 1.00. The van der Waals surface area contributed by atoms with Crippen molar-refractivity contribution in [3.8, 4) is 0 Å². The summed E-state index contributed by atoms with van der Waals surface area (Å²) in [5, 5.41) is 9.63. The van der Waals surface area contributed by atoms with E-state index in [0.717, 1.165) is 19.4 Å². The first-order valence-corrected chi connectivity index (χ1v) is 4.53. The van der Waals surface area contributed by atoms with Gasteiger partial charge >= 0.3 is 0 Å². The summed E-state index contributed by atoms with van der Waals surface area (Å²) in [6, 6.07) is 0. The van der Waals surface area contributed by atoms with Crippen molar-refractivity contribution in [1.82, 2.24) is 4.90 Å². The normalized spacial score (nSPS) is 36.0. The van der Waals surface area contributed by atoms with Crippen molar-refractivity contribution >= 4 is 0 Å². The smallest absolute Gasteiger partial charge is 0.0695 e. The number of hydrogen-bond acceptors (Lipinski definition) is 2. The fourth-order valence-corrected chi connectivity index (χ4v) is 2.31. The van der Waals surface area contributed by atoms with Crippen molar-refractivity contribution in [2.75, 3.05) is 13.6 Å². The van der Waals surface area contributed by atoms with Gasteiger partial charge in [0.05, 0.1) is 6.10 Å². The largest absolute Gasteiger partial charge is 0.391 e. The minimum atomic E-state index is -0.194. The number of rotatable bonds is 2. The molecule has 0 aromatic rings. The molecule has 0 amide bonds. The maximum Gasteiger partial charge on any atom is 0.0695 e. The number of nitrogens with zero attached hydrogens (tertiary/aromatic N) is 1. The lowest BCUT2D eigenvalue weighted by Gasteiger charge is -2.38. The van der Waals surface area contributed by atoms with E-state index in [0.29, 0.717) is 0 Å². The average molecular weight is 157 g/mol. The monoisotopic (exact) mass is 157 g/mol. The number of aliphatic hydroxyl groups is 1. The predicted octanol–water partition coefficient (Wildman–Crippen LogP) is 1.24. The van der Waals surface area contributed by atoms with Crippen LogP contribution in [0.25, 0.3) is 0 Å². The van der Waals surface area contributed by atoms with Crippen LogP contribution in [0.2, 0.25) is 0 Å². The van der Waals surface area contributed by atoms with E-state index in [2.05, 4.69) is 18.9 Å². The molecule has 1 aliphatic rings. The van der Waals surface area contributed by atoms with Gasteiger partial charge in [0.15, 0.2) is 0 Å². The molecule has 0 aliphatic carbocycles. The van der Waals surface area contributed by atoms with Gasteiger partial charge in [-0.25, -0.2) is 0 Å². The first kappa shape index (κ1) is 9.01. The molecule has 11 heavy (non-hydrogen) atoms. The molecule has 1 fully saturated rings. The summed E-state index contributed by atoms with van der Waals surface area (Å²) in [6.07, 6.45) is 3.24. The summed E-state index contributed by atoms with van der Waals surface area (Å²) >= 11 is 0. The van der Waals surface area contributed by atoms with E-state index in [1.165, 1.54) is 6.42 Å². The fourth-order valence-electron chi connectivity index (χ4n) is 2.31. The third kappa shape index (κ3) is 1.30. The van der Waals surface area contributed by atoms with Crippen molar-refractivity contribution in [2.24, 2.45) is 0 Å². The second-order valence-corrected chi connectivity index (χ2v) is 3.66. The molecule has 0 saturated carbocycles. The summed E-state index contributed by atoms with van der Waals surface area (Å²) in [4.78, 5) is 2.30. The van der Waals surface area contributed by atoms with Crippen LogP contribution in [0.5, 0.6) is 0 Å². The topological polar surface area (TPSA) is 23.5 Å². The number of likely N-dealkylation sites (N-methyl/N-ethyl adjacent to an activating group) is 1. The Hall–Kier alpha value is -0.0800. The molecule has 2 unspecified atom stereocenters. The first-order valence-electron chi connectivity index (χ1n) is 4.53. The molecule has 1 heterocycles. The number of hydrogen-bond donors (Lipinski definition) is 1. The molecule has 0 bridgehead atoms. The van der Waals surface area contributed by atoms with E-state index >= 15 is 0 Å². The van der Waals surface area contributed by atoms with E-state index < -0.39 is 0 Å². The van der Waals surface area contributed by atoms with Crippen LogP contribution in [0.1, 0.15) is 33.1 Å². The molecule has 1 saturated heterocycles. The van der Waals surface area contributed by atoms with Gasteiger partial charge in [-0.2, -0.15) is 0 Å². The molecular weight excluding hydrogens is 138 g/mol. The van der Waals surface area contributed by atoms with Crippen LogP contribution in [0.15, 0.2) is 0 Å². The van der Waals surface area contributed by atoms with Gasteiger partial charge in [0.25, 0.3) is 0 Å². The quantitative estimate of drug-likeness (QED) is 0.652. The van der Waals surface area contributed by atoms with Crippen molar-refractivity contribution in [3.05, 3.63) is 0 Å². The van der Waals surface area contributed by atoms with Crippen LogP contribution in [0.4, 0.5) is 0 Å². The van der Waals surface area contributed by atoms with Crippen molar-refractivity contribution in [3.63, 3.8) is 0 Å². The van der Waals surface area contributed by atoms with Gasteiger partial charge in [-0.3, -0.25) is 4.90 Å². The Morgan fingerprint density at radius 2 is 2.27 bits per heavy atom. The minimum absolute atomic E-state index is 0.0833. The summed E-state index contributed by atoms with van der Waals surface area (Å²) < 4.78 is 0. The van der Waals surface area contributed by atoms with Crippen molar-refractivity contribution in [1.29, 1.82) is 0 Å². The van der Waals surface area contributed by atoms with Crippen LogP contribution in [0.3, 0.4) is 0 Å². The predicted molar refractivity (Wildman–Crippen MR) is 46.6 cm³/mol. The van der Waals surface area contributed by atoms with Crippen molar-refractivity contribution in [2.45, 2.75) is 44.8 Å². The Morgan fingerprint density at radius 1 is 1.64 bits per heavy atom. The lowest BCUT2D eigenvalue weighted by Crippen LogP contribution is -2.49. The second kappa shape index (κ2) is 3.11. The Morgan fingerprint density at radius 3 is 2.45 bits per heavy atom. The highest BCUT2D eigenvalue weighted by Crippen LogP contribution is 2.33. The van der Waals surface area contributed by atoms with Gasteiger partial charge in [0.2, 0.25) is 0 Å². The zero-order chi connectivity index (χ0) is 8.48. The van der Waals surface area contributed by atoms with Crippen molar-refractivity contribution < 1.29 is 5.11 Å². The Bertz CT molecular complexity index is 136. The first-order chi connectivity index (χ1) is 5.13. The molecule has 0 aromatic heterocycles. The molecule has 2 heteroatoms. The number of likely N-dealkylation sites (tertiary alicyclic amines) is 1. The molecule has 0 spiro atoms. The van der Waals surface area contributed by atoms with E-state index in [1.807, 2.05) is 6.92 Å². The minimum Gasteiger partial charge on any atom is -0.391 e. The Kier molecular flexibility index (Phi) is 2.55. The molecule has 1 rings (SSSR count). The van der Waals surface area contributed by atoms with Gasteiger partial charge in [0.1, 0.15) is 0 Å². The molecule has 2 atom stereocenters. The van der Waals surface area contributed by atoms with Crippen LogP contribution >= 0.6 is 0 Å². The third-order valence-corrected chi connectivity index (χ3v) is 3.25. The van der Waals surface area contributed by atoms with Gasteiger partial charge in [-0.15, -0.1) is 0 Å². The van der Waals surface area contributed by atoms with Crippen LogP contribution in [-0.2, 0) is 0 Å². The molecule has 66 valence electrons. The van der Waals surface area contributed by atoms with E-state index in [9.17, 15) is 5.11 Å². The molecular formula is C9H19NO. The summed E-state index contributed by atoms with van der Waals surface area (Å²) in [6.45, 7) is 5.21. The van der Waals surface area contributed by atoms with E-state index in [-0.39, 0.29) is 11.6 Å². The SMILES string of the molecule is CCC1(C(C)O)CCCN1C. The maximum absolute atomic E-state index is 9.63. The molecule has 1 aliphatic heterocycles. The average Bonchev–Trinajstić information content (AvgIpc) is 2.32. The summed E-state index contributed by atoms with van der Waals surface area (Å²) in [5.74, 6) is 0. The van der Waals surface area contributed by atoms with Gasteiger partial charge in [-0.05, 0) is 39.8 Å². The molecule has 0 radical (unpaired) electrons. The van der Waals surface area contributed by atoms with Crippen LogP contribution in [-0.4, -0.2) is 35.2 Å². The summed E-state index contributed by atoms with van der Waals surface area (Å²) in [7, 11) is 2.11. The highest BCUT2D eigenvalue weighted by molar-refractivity contribution is 4.96. The highest BCUT2D eigenvalue weighted by atomic mass is 16.3. The highest BCUT2D eigenvalue weighted by Gasteiger charge is 2.40. The summed E-state index contributed by atoms with van der Waals surface area (Å²) in [5.41, 5.74) is 0.0833. The lowest BCUT2D eigenvalue weighted by molar-refractivity contribution is 0.0139. The lowest BCUT2D eigenvalue weighted by atomic mass is 9.88. The second-order valence-electron chi connectivity index (χ2n) is 3.66.